The van der Waals surface area contributed by atoms with Crippen LogP contribution in [-0.4, -0.2) is 41.4 Å². The molecule has 0 spiro atoms. The molecule has 2 saturated heterocycles. The molecule has 2 aliphatic rings. The Labute approximate surface area is 127 Å². The molecule has 0 aromatic heterocycles. The number of benzene rings is 1. The van der Waals surface area contributed by atoms with E-state index in [9.17, 15) is 0 Å². The minimum atomic E-state index is 0.843. The Morgan fingerprint density at radius 2 is 1.55 bits per heavy atom. The fraction of sp³-hybridized carbons (Fsp3) is 0.647. The molecule has 3 rings (SSSR count). The largest absolute Gasteiger partial charge is 0.300 e. The van der Waals surface area contributed by atoms with Gasteiger partial charge in [-0.05, 0) is 68.8 Å². The molecule has 0 radical (unpaired) electrons. The standard InChI is InChI=1S/C17H26N2S/c1-15-7-11-18(12-8-15)16-9-13-19(14-10-16)20-17-5-3-2-4-6-17/h2-6,15-16H,7-14H2,1H3. The van der Waals surface area contributed by atoms with Crippen molar-refractivity contribution in [3.05, 3.63) is 30.3 Å². The minimum Gasteiger partial charge on any atom is -0.300 e. The quantitative estimate of drug-likeness (QED) is 0.780. The molecule has 3 heteroatoms. The molecule has 1 aromatic carbocycles. The number of hydrogen-bond donors (Lipinski definition) is 0. The molecular weight excluding hydrogens is 264 g/mol. The molecule has 110 valence electrons. The van der Waals surface area contributed by atoms with Gasteiger partial charge in [0.1, 0.15) is 0 Å². The van der Waals surface area contributed by atoms with Crippen LogP contribution in [0.2, 0.25) is 0 Å². The molecule has 0 unspecified atom stereocenters. The fourth-order valence-electron chi connectivity index (χ4n) is 3.32. The Kier molecular flexibility index (Phi) is 5.03. The fourth-order valence-corrected chi connectivity index (χ4v) is 4.29. The summed E-state index contributed by atoms with van der Waals surface area (Å²) in [6, 6.07) is 11.6. The lowest BCUT2D eigenvalue weighted by molar-refractivity contribution is 0.103. The monoisotopic (exact) mass is 290 g/mol. The van der Waals surface area contributed by atoms with Gasteiger partial charge in [0.2, 0.25) is 0 Å². The summed E-state index contributed by atoms with van der Waals surface area (Å²) < 4.78 is 2.54. The molecule has 0 amide bonds. The van der Waals surface area contributed by atoms with Crippen molar-refractivity contribution < 1.29 is 0 Å². The second-order valence-corrected chi connectivity index (χ2v) is 7.45. The van der Waals surface area contributed by atoms with Gasteiger partial charge < -0.3 is 4.90 Å². The molecule has 0 aliphatic carbocycles. The van der Waals surface area contributed by atoms with Crippen molar-refractivity contribution in [1.29, 1.82) is 0 Å². The number of piperidine rings is 2. The Bertz CT molecular complexity index is 393. The molecule has 0 bridgehead atoms. The topological polar surface area (TPSA) is 6.48 Å². The van der Waals surface area contributed by atoms with Gasteiger partial charge in [-0.15, -0.1) is 0 Å². The van der Waals surface area contributed by atoms with Crippen LogP contribution >= 0.6 is 11.9 Å². The first kappa shape index (κ1) is 14.4. The summed E-state index contributed by atoms with van der Waals surface area (Å²) in [5.41, 5.74) is 0. The van der Waals surface area contributed by atoms with Crippen LogP contribution in [0.3, 0.4) is 0 Å². The van der Waals surface area contributed by atoms with Crippen LogP contribution in [0.1, 0.15) is 32.6 Å². The molecule has 2 fully saturated rings. The van der Waals surface area contributed by atoms with Crippen LogP contribution < -0.4 is 0 Å². The van der Waals surface area contributed by atoms with E-state index in [4.69, 9.17) is 0 Å². The lowest BCUT2D eigenvalue weighted by atomic mass is 9.95. The highest BCUT2D eigenvalue weighted by Crippen LogP contribution is 2.29. The second kappa shape index (κ2) is 6.97. The SMILES string of the molecule is CC1CCN(C2CCN(Sc3ccccc3)CC2)CC1. The Hall–Kier alpha value is -0.510. The normalized spacial score (nSPS) is 24.1. The van der Waals surface area contributed by atoms with Gasteiger partial charge in [0.05, 0.1) is 0 Å². The maximum absolute atomic E-state index is 2.75. The molecular formula is C17H26N2S. The van der Waals surface area contributed by atoms with Crippen molar-refractivity contribution in [2.45, 2.75) is 43.5 Å². The Morgan fingerprint density at radius 1 is 0.900 bits per heavy atom. The summed E-state index contributed by atoms with van der Waals surface area (Å²) in [7, 11) is 0. The molecule has 0 N–H and O–H groups in total. The van der Waals surface area contributed by atoms with E-state index in [1.54, 1.807) is 0 Å². The molecule has 2 heterocycles. The molecule has 1 aromatic rings. The predicted octanol–water partition coefficient (Wildman–Crippen LogP) is 3.89. The van der Waals surface area contributed by atoms with Gasteiger partial charge in [-0.3, -0.25) is 0 Å². The van der Waals surface area contributed by atoms with Crippen LogP contribution in [-0.2, 0) is 0 Å². The van der Waals surface area contributed by atoms with Crippen molar-refractivity contribution >= 4 is 11.9 Å². The van der Waals surface area contributed by atoms with E-state index in [-0.39, 0.29) is 0 Å². The van der Waals surface area contributed by atoms with Crippen LogP contribution in [0, 0.1) is 5.92 Å². The maximum Gasteiger partial charge on any atom is 0.0230 e. The molecule has 2 aliphatic heterocycles. The predicted molar refractivity (Wildman–Crippen MR) is 86.9 cm³/mol. The highest BCUT2D eigenvalue weighted by Gasteiger charge is 2.27. The van der Waals surface area contributed by atoms with Crippen LogP contribution in [0.5, 0.6) is 0 Å². The van der Waals surface area contributed by atoms with E-state index in [0.717, 1.165) is 12.0 Å². The average Bonchev–Trinajstić information content (AvgIpc) is 2.50. The van der Waals surface area contributed by atoms with Crippen molar-refractivity contribution in [2.24, 2.45) is 5.92 Å². The highest BCUT2D eigenvalue weighted by molar-refractivity contribution is 7.97. The maximum atomic E-state index is 2.75. The first-order chi connectivity index (χ1) is 9.81. The lowest BCUT2D eigenvalue weighted by Gasteiger charge is -2.41. The number of hydrogen-bond acceptors (Lipinski definition) is 3. The van der Waals surface area contributed by atoms with Crippen molar-refractivity contribution in [3.63, 3.8) is 0 Å². The van der Waals surface area contributed by atoms with Crippen LogP contribution in [0.25, 0.3) is 0 Å². The zero-order valence-electron chi connectivity index (χ0n) is 12.5. The van der Waals surface area contributed by atoms with Crippen molar-refractivity contribution in [2.75, 3.05) is 26.2 Å². The van der Waals surface area contributed by atoms with E-state index < -0.39 is 0 Å². The highest BCUT2D eigenvalue weighted by atomic mass is 32.2. The zero-order chi connectivity index (χ0) is 13.8. The Balaban J connectivity index is 1.45. The van der Waals surface area contributed by atoms with Gasteiger partial charge in [0.15, 0.2) is 0 Å². The van der Waals surface area contributed by atoms with Crippen molar-refractivity contribution in [1.82, 2.24) is 9.21 Å². The smallest absolute Gasteiger partial charge is 0.0230 e. The van der Waals surface area contributed by atoms with Gasteiger partial charge in [-0.1, -0.05) is 25.1 Å². The van der Waals surface area contributed by atoms with E-state index in [2.05, 4.69) is 46.5 Å². The molecule has 0 atom stereocenters. The van der Waals surface area contributed by atoms with Gasteiger partial charge in [0.25, 0.3) is 0 Å². The molecule has 20 heavy (non-hydrogen) atoms. The first-order valence-corrected chi connectivity index (χ1v) is 8.80. The van der Waals surface area contributed by atoms with Crippen molar-refractivity contribution in [3.8, 4) is 0 Å². The summed E-state index contributed by atoms with van der Waals surface area (Å²) in [5, 5.41) is 0. The summed E-state index contributed by atoms with van der Waals surface area (Å²) in [6.07, 6.45) is 5.49. The van der Waals surface area contributed by atoms with E-state index in [0.29, 0.717) is 0 Å². The Morgan fingerprint density at radius 3 is 2.20 bits per heavy atom. The van der Waals surface area contributed by atoms with E-state index in [1.807, 2.05) is 11.9 Å². The summed E-state index contributed by atoms with van der Waals surface area (Å²) >= 11 is 1.93. The van der Waals surface area contributed by atoms with E-state index >= 15 is 0 Å². The zero-order valence-corrected chi connectivity index (χ0v) is 13.3. The second-order valence-electron chi connectivity index (χ2n) is 6.28. The lowest BCUT2D eigenvalue weighted by Crippen LogP contribution is -2.46. The summed E-state index contributed by atoms with van der Waals surface area (Å²) in [5.74, 6) is 0.944. The average molecular weight is 290 g/mol. The third-order valence-electron chi connectivity index (χ3n) is 4.74. The van der Waals surface area contributed by atoms with Gasteiger partial charge in [0, 0.05) is 24.0 Å². The number of nitrogens with zero attached hydrogens (tertiary/aromatic N) is 2. The van der Waals surface area contributed by atoms with Gasteiger partial charge in [-0.2, -0.15) is 0 Å². The van der Waals surface area contributed by atoms with Crippen LogP contribution in [0.4, 0.5) is 0 Å². The third-order valence-corrected chi connectivity index (χ3v) is 5.84. The molecule has 0 saturated carbocycles. The molecule has 2 nitrogen and oxygen atoms in total. The van der Waals surface area contributed by atoms with Crippen LogP contribution in [0.15, 0.2) is 35.2 Å². The first-order valence-electron chi connectivity index (χ1n) is 8.03. The number of likely N-dealkylation sites (tertiary alicyclic amines) is 1. The van der Waals surface area contributed by atoms with E-state index in [1.165, 1.54) is 56.8 Å². The third kappa shape index (κ3) is 3.78. The van der Waals surface area contributed by atoms with Gasteiger partial charge in [-0.25, -0.2) is 4.31 Å². The van der Waals surface area contributed by atoms with Gasteiger partial charge >= 0.3 is 0 Å². The number of rotatable bonds is 3. The minimum absolute atomic E-state index is 0.843. The summed E-state index contributed by atoms with van der Waals surface area (Å²) in [4.78, 5) is 4.13. The summed E-state index contributed by atoms with van der Waals surface area (Å²) in [6.45, 7) is 7.53.